The average Bonchev–Trinajstić information content (AvgIpc) is 3.08. The molecule has 1 amide bonds. The second-order valence-corrected chi connectivity index (χ2v) is 9.06. The van der Waals surface area contributed by atoms with Crippen LogP contribution in [0.2, 0.25) is 0 Å². The number of pyridine rings is 1. The Hall–Kier alpha value is -3.04. The first kappa shape index (κ1) is 20.2. The molecule has 1 aliphatic heterocycles. The Kier molecular flexibility index (Phi) is 5.17. The van der Waals surface area contributed by atoms with Crippen LogP contribution in [-0.2, 0) is 27.8 Å². The Morgan fingerprint density at radius 3 is 2.67 bits per heavy atom. The third kappa shape index (κ3) is 3.73. The fourth-order valence-corrected chi connectivity index (χ4v) is 5.03. The van der Waals surface area contributed by atoms with Crippen molar-refractivity contribution in [1.29, 1.82) is 0 Å². The van der Waals surface area contributed by atoms with Crippen molar-refractivity contribution in [3.8, 4) is 11.1 Å². The summed E-state index contributed by atoms with van der Waals surface area (Å²) in [5.41, 5.74) is 4.94. The Morgan fingerprint density at radius 2 is 1.93 bits per heavy atom. The largest absolute Gasteiger partial charge is 0.360 e. The number of benzene rings is 1. The van der Waals surface area contributed by atoms with Gasteiger partial charge >= 0.3 is 0 Å². The molecule has 0 unspecified atom stereocenters. The highest BCUT2D eigenvalue weighted by atomic mass is 32.2. The van der Waals surface area contributed by atoms with Crippen LogP contribution in [0.1, 0.15) is 29.0 Å². The van der Waals surface area contributed by atoms with Crippen LogP contribution in [0.15, 0.2) is 46.1 Å². The van der Waals surface area contributed by atoms with E-state index in [-0.39, 0.29) is 23.1 Å². The number of amides is 1. The topological polar surface area (TPSA) is 105 Å². The molecule has 9 heteroatoms. The fraction of sp³-hybridized carbons (Fsp3) is 0.286. The molecule has 156 valence electrons. The number of rotatable bonds is 5. The maximum Gasteiger partial charge on any atom is 0.246 e. The van der Waals surface area contributed by atoms with E-state index in [1.54, 1.807) is 38.2 Å². The standard InChI is InChI=1S/C21H22N4O4S/c1-13-21(14(2)29-24-13)30(27,28)23-11-15-8-18(12-22-10-15)16-4-6-19-17(9-16)5-7-20(26)25(19)3/h4,6,8-10,12,23H,5,7,11H2,1-3H3. The van der Waals surface area contributed by atoms with E-state index < -0.39 is 10.0 Å². The SMILES string of the molecule is Cc1noc(C)c1S(=O)(=O)NCc1cncc(-c2ccc3c(c2)CCC(=O)N3C)c1. The molecule has 0 radical (unpaired) electrons. The first-order valence-corrected chi connectivity index (χ1v) is 11.0. The zero-order valence-electron chi connectivity index (χ0n) is 17.0. The summed E-state index contributed by atoms with van der Waals surface area (Å²) in [7, 11) is -1.96. The fourth-order valence-electron chi connectivity index (χ4n) is 3.69. The van der Waals surface area contributed by atoms with Crippen molar-refractivity contribution in [3.63, 3.8) is 0 Å². The van der Waals surface area contributed by atoms with E-state index >= 15 is 0 Å². The summed E-state index contributed by atoms with van der Waals surface area (Å²) in [4.78, 5) is 17.9. The van der Waals surface area contributed by atoms with Gasteiger partial charge in [0, 0.05) is 43.7 Å². The van der Waals surface area contributed by atoms with Gasteiger partial charge < -0.3 is 9.42 Å². The second kappa shape index (κ2) is 7.66. The summed E-state index contributed by atoms with van der Waals surface area (Å²) < 4.78 is 32.8. The second-order valence-electron chi connectivity index (χ2n) is 7.36. The summed E-state index contributed by atoms with van der Waals surface area (Å²) in [5.74, 6) is 0.369. The molecule has 1 aliphatic rings. The quantitative estimate of drug-likeness (QED) is 0.673. The van der Waals surface area contributed by atoms with E-state index in [2.05, 4.69) is 20.9 Å². The van der Waals surface area contributed by atoms with Crippen molar-refractivity contribution >= 4 is 21.6 Å². The maximum atomic E-state index is 12.6. The summed E-state index contributed by atoms with van der Waals surface area (Å²) in [6.45, 7) is 3.25. The van der Waals surface area contributed by atoms with Crippen molar-refractivity contribution in [2.45, 2.75) is 38.1 Å². The van der Waals surface area contributed by atoms with Crippen molar-refractivity contribution in [1.82, 2.24) is 14.9 Å². The molecule has 0 spiro atoms. The van der Waals surface area contributed by atoms with Gasteiger partial charge in [-0.2, -0.15) is 0 Å². The van der Waals surface area contributed by atoms with Gasteiger partial charge in [-0.25, -0.2) is 13.1 Å². The van der Waals surface area contributed by atoms with E-state index in [0.717, 1.165) is 27.9 Å². The van der Waals surface area contributed by atoms with Crippen LogP contribution in [0.3, 0.4) is 0 Å². The first-order valence-electron chi connectivity index (χ1n) is 9.52. The maximum absolute atomic E-state index is 12.6. The molecule has 30 heavy (non-hydrogen) atoms. The molecule has 4 rings (SSSR count). The van der Waals surface area contributed by atoms with Crippen LogP contribution in [0.25, 0.3) is 11.1 Å². The number of hydrogen-bond acceptors (Lipinski definition) is 6. The Morgan fingerprint density at radius 1 is 1.13 bits per heavy atom. The highest BCUT2D eigenvalue weighted by Crippen LogP contribution is 2.31. The smallest absolute Gasteiger partial charge is 0.246 e. The number of carbonyl (C=O) groups excluding carboxylic acids is 1. The molecule has 0 atom stereocenters. The first-order chi connectivity index (χ1) is 14.3. The summed E-state index contributed by atoms with van der Waals surface area (Å²) >= 11 is 0. The third-order valence-corrected chi connectivity index (χ3v) is 6.90. The number of sulfonamides is 1. The molecule has 1 aromatic carbocycles. The molecule has 1 N–H and O–H groups in total. The molecule has 0 aliphatic carbocycles. The molecule has 8 nitrogen and oxygen atoms in total. The van der Waals surface area contributed by atoms with Gasteiger partial charge in [0.2, 0.25) is 15.9 Å². The van der Waals surface area contributed by atoms with Gasteiger partial charge in [0.1, 0.15) is 10.6 Å². The number of nitrogens with zero attached hydrogens (tertiary/aromatic N) is 3. The van der Waals surface area contributed by atoms with Gasteiger partial charge in [-0.1, -0.05) is 11.2 Å². The monoisotopic (exact) mass is 426 g/mol. The molecule has 3 aromatic rings. The minimum atomic E-state index is -3.75. The third-order valence-electron chi connectivity index (χ3n) is 5.25. The number of fused-ring (bicyclic) bond motifs is 1. The van der Waals surface area contributed by atoms with Crippen LogP contribution >= 0.6 is 0 Å². The van der Waals surface area contributed by atoms with Gasteiger partial charge in [0.25, 0.3) is 0 Å². The number of carbonyl (C=O) groups is 1. The Bertz CT molecular complexity index is 1210. The molecular formula is C21H22N4O4S. The van der Waals surface area contributed by atoms with E-state index in [0.29, 0.717) is 18.5 Å². The predicted molar refractivity (Wildman–Crippen MR) is 111 cm³/mol. The van der Waals surface area contributed by atoms with Crippen LogP contribution in [0.5, 0.6) is 0 Å². The molecule has 0 fully saturated rings. The van der Waals surface area contributed by atoms with Gasteiger partial charge in [0.05, 0.1) is 0 Å². The lowest BCUT2D eigenvalue weighted by molar-refractivity contribution is -0.118. The number of aryl methyl sites for hydroxylation is 3. The van der Waals surface area contributed by atoms with Crippen LogP contribution in [0, 0.1) is 13.8 Å². The average molecular weight is 426 g/mol. The van der Waals surface area contributed by atoms with Gasteiger partial charge in [-0.05, 0) is 55.2 Å². The lowest BCUT2D eigenvalue weighted by Crippen LogP contribution is -2.30. The van der Waals surface area contributed by atoms with Gasteiger partial charge in [0.15, 0.2) is 5.76 Å². The molecule has 2 aromatic heterocycles. The van der Waals surface area contributed by atoms with Crippen LogP contribution in [-0.4, -0.2) is 31.5 Å². The summed E-state index contributed by atoms with van der Waals surface area (Å²) in [6.07, 6.45) is 4.57. The number of aromatic nitrogens is 2. The molecular weight excluding hydrogens is 404 g/mol. The highest BCUT2D eigenvalue weighted by Gasteiger charge is 2.24. The summed E-state index contributed by atoms with van der Waals surface area (Å²) in [5, 5.41) is 3.71. The van der Waals surface area contributed by atoms with Gasteiger partial charge in [-0.3, -0.25) is 9.78 Å². The van der Waals surface area contributed by atoms with Crippen molar-refractivity contribution in [2.75, 3.05) is 11.9 Å². The minimum absolute atomic E-state index is 0.0694. The molecule has 3 heterocycles. The van der Waals surface area contributed by atoms with Crippen LogP contribution < -0.4 is 9.62 Å². The van der Waals surface area contributed by atoms with Crippen molar-refractivity contribution < 1.29 is 17.7 Å². The predicted octanol–water partition coefficient (Wildman–Crippen LogP) is 2.74. The van der Waals surface area contributed by atoms with Gasteiger partial charge in [-0.15, -0.1) is 0 Å². The van der Waals surface area contributed by atoms with E-state index in [1.165, 1.54) is 0 Å². The molecule has 0 bridgehead atoms. The molecule has 0 saturated carbocycles. The lowest BCUT2D eigenvalue weighted by Gasteiger charge is -2.26. The minimum Gasteiger partial charge on any atom is -0.360 e. The zero-order valence-corrected chi connectivity index (χ0v) is 17.8. The Balaban J connectivity index is 1.56. The lowest BCUT2D eigenvalue weighted by atomic mass is 9.96. The number of anilines is 1. The van der Waals surface area contributed by atoms with Crippen molar-refractivity contribution in [2.24, 2.45) is 0 Å². The Labute approximate surface area is 175 Å². The van der Waals surface area contributed by atoms with E-state index in [9.17, 15) is 13.2 Å². The highest BCUT2D eigenvalue weighted by molar-refractivity contribution is 7.89. The number of hydrogen-bond donors (Lipinski definition) is 1. The molecule has 0 saturated heterocycles. The van der Waals surface area contributed by atoms with E-state index in [1.807, 2.05) is 18.2 Å². The normalized spacial score (nSPS) is 14.1. The number of nitrogens with one attached hydrogen (secondary N) is 1. The zero-order chi connectivity index (χ0) is 21.5. The van der Waals surface area contributed by atoms with E-state index in [4.69, 9.17) is 4.52 Å². The summed E-state index contributed by atoms with van der Waals surface area (Å²) in [6, 6.07) is 7.85. The van der Waals surface area contributed by atoms with Crippen LogP contribution in [0.4, 0.5) is 5.69 Å². The van der Waals surface area contributed by atoms with Crippen molar-refractivity contribution in [3.05, 3.63) is 59.2 Å².